The number of nitrogens with one attached hydrogen (secondary N) is 1. The Morgan fingerprint density at radius 3 is 1.76 bits per heavy atom. The Kier molecular flexibility index (Phi) is 12.8. The zero-order chi connectivity index (χ0) is 22.4. The lowest BCUT2D eigenvalue weighted by Gasteiger charge is -2.29. The smallest absolute Gasteiger partial charge is 0.344 e. The second kappa shape index (κ2) is 13.9. The van der Waals surface area contributed by atoms with Gasteiger partial charge in [0.2, 0.25) is 11.4 Å². The molecule has 1 aromatic carbocycles. The fraction of sp³-hybridized carbons (Fsp3) is 0.524. The van der Waals surface area contributed by atoms with Crippen molar-refractivity contribution in [3.05, 3.63) is 35.4 Å². The van der Waals surface area contributed by atoms with E-state index in [1.54, 1.807) is 38.1 Å². The van der Waals surface area contributed by atoms with E-state index in [2.05, 4.69) is 21.2 Å². The van der Waals surface area contributed by atoms with E-state index in [9.17, 15) is 19.2 Å². The molecule has 0 aromatic heterocycles. The molecule has 8 heteroatoms. The maximum atomic E-state index is 12.6. The normalized spacial score (nSPS) is 10.3. The van der Waals surface area contributed by atoms with Crippen LogP contribution in [0.5, 0.6) is 0 Å². The largest absolute Gasteiger partial charge is 0.464 e. The molecule has 0 aliphatic heterocycles. The first kappa shape index (κ1) is 26.8. The molecule has 0 spiro atoms. The quantitative estimate of drug-likeness (QED) is 0.320. The number of carbonyl (C=O) groups is 4. The maximum Gasteiger partial charge on any atom is 0.344 e. The van der Waals surface area contributed by atoms with Crippen LogP contribution in [0.2, 0.25) is 0 Å². The number of hydrogen-bond acceptors (Lipinski definition) is 6. The van der Waals surface area contributed by atoms with Crippen LogP contribution in [-0.2, 0) is 41.5 Å². The van der Waals surface area contributed by atoms with Gasteiger partial charge in [-0.25, -0.2) is 9.59 Å². The van der Waals surface area contributed by atoms with Gasteiger partial charge in [-0.2, -0.15) is 0 Å². The second-order valence-corrected chi connectivity index (χ2v) is 6.43. The van der Waals surface area contributed by atoms with Gasteiger partial charge in [0.15, 0.2) is 0 Å². The molecule has 7 nitrogen and oxygen atoms in total. The van der Waals surface area contributed by atoms with Crippen molar-refractivity contribution >= 4 is 39.6 Å². The molecule has 0 saturated heterocycles. The number of benzene rings is 1. The van der Waals surface area contributed by atoms with Crippen LogP contribution >= 0.6 is 15.9 Å². The standard InChI is InChI=1S/C19H24BrNO6.C2H6/c1-4-26-17(24)19(21-13(3)22,18(25)27-5-2)11-15-8-6-14(7-9-15)10-16(23)12-20;1-2/h6-9H,4-5,10-12H2,1-3H3,(H,21,22);1-2H3. The summed E-state index contributed by atoms with van der Waals surface area (Å²) in [6.45, 7) is 8.52. The Labute approximate surface area is 180 Å². The highest BCUT2D eigenvalue weighted by molar-refractivity contribution is 9.09. The Balaban J connectivity index is 0.00000379. The van der Waals surface area contributed by atoms with Gasteiger partial charge < -0.3 is 14.8 Å². The number of carbonyl (C=O) groups excluding carboxylic acids is 4. The molecule has 162 valence electrons. The first-order valence-corrected chi connectivity index (χ1v) is 10.7. The average Bonchev–Trinajstić information content (AvgIpc) is 2.70. The third-order valence-electron chi connectivity index (χ3n) is 3.68. The molecule has 0 atom stereocenters. The lowest BCUT2D eigenvalue weighted by Crippen LogP contribution is -2.62. The van der Waals surface area contributed by atoms with Crippen molar-refractivity contribution in [3.63, 3.8) is 0 Å². The molecule has 0 fully saturated rings. The molecule has 1 amide bonds. The monoisotopic (exact) mass is 471 g/mol. The van der Waals surface area contributed by atoms with Crippen molar-refractivity contribution in [1.29, 1.82) is 0 Å². The summed E-state index contributed by atoms with van der Waals surface area (Å²) in [5, 5.41) is 2.69. The van der Waals surface area contributed by atoms with E-state index in [0.717, 1.165) is 5.56 Å². The summed E-state index contributed by atoms with van der Waals surface area (Å²) in [5.74, 6) is -2.28. The van der Waals surface area contributed by atoms with E-state index in [1.165, 1.54) is 6.92 Å². The van der Waals surface area contributed by atoms with Crippen LogP contribution in [0, 0.1) is 0 Å². The summed E-state index contributed by atoms with van der Waals surface area (Å²) in [7, 11) is 0. The molecule has 0 radical (unpaired) electrons. The van der Waals surface area contributed by atoms with E-state index in [1.807, 2.05) is 13.8 Å². The summed E-state index contributed by atoms with van der Waals surface area (Å²) in [4.78, 5) is 48.4. The summed E-state index contributed by atoms with van der Waals surface area (Å²) >= 11 is 3.12. The first-order valence-electron chi connectivity index (χ1n) is 9.57. The summed E-state index contributed by atoms with van der Waals surface area (Å²) < 4.78 is 10.1. The predicted octanol–water partition coefficient (Wildman–Crippen LogP) is 2.76. The minimum absolute atomic E-state index is 0.0355. The highest BCUT2D eigenvalue weighted by Gasteiger charge is 2.50. The number of ether oxygens (including phenoxy) is 2. The van der Waals surface area contributed by atoms with E-state index in [-0.39, 0.29) is 37.2 Å². The topological polar surface area (TPSA) is 98.8 Å². The van der Waals surface area contributed by atoms with Crippen LogP contribution in [0.25, 0.3) is 0 Å². The van der Waals surface area contributed by atoms with Crippen molar-refractivity contribution in [2.24, 2.45) is 0 Å². The van der Waals surface area contributed by atoms with Gasteiger partial charge in [-0.15, -0.1) is 0 Å². The van der Waals surface area contributed by atoms with Crippen LogP contribution in [0.3, 0.4) is 0 Å². The van der Waals surface area contributed by atoms with Crippen LogP contribution < -0.4 is 5.32 Å². The molecule has 1 aromatic rings. The molecule has 29 heavy (non-hydrogen) atoms. The van der Waals surface area contributed by atoms with Crippen molar-refractivity contribution in [2.45, 2.75) is 53.0 Å². The van der Waals surface area contributed by atoms with Gasteiger partial charge in [0.1, 0.15) is 5.78 Å². The molecule has 0 bridgehead atoms. The Bertz CT molecular complexity index is 669. The average molecular weight is 472 g/mol. The minimum atomic E-state index is -1.97. The predicted molar refractivity (Wildman–Crippen MR) is 114 cm³/mol. The highest BCUT2D eigenvalue weighted by Crippen LogP contribution is 2.20. The summed E-state index contributed by atoms with van der Waals surface area (Å²) in [5.41, 5.74) is -0.550. The molecule has 0 aliphatic rings. The van der Waals surface area contributed by atoms with Gasteiger partial charge in [0, 0.05) is 19.8 Å². The maximum absolute atomic E-state index is 12.6. The van der Waals surface area contributed by atoms with E-state index in [4.69, 9.17) is 9.47 Å². The first-order chi connectivity index (χ1) is 13.8. The van der Waals surface area contributed by atoms with Crippen molar-refractivity contribution in [3.8, 4) is 0 Å². The number of hydrogen-bond donors (Lipinski definition) is 1. The van der Waals surface area contributed by atoms with Crippen molar-refractivity contribution in [1.82, 2.24) is 5.32 Å². The molecular formula is C21H30BrNO6. The fourth-order valence-corrected chi connectivity index (χ4v) is 2.74. The van der Waals surface area contributed by atoms with E-state index < -0.39 is 23.4 Å². The fourth-order valence-electron chi connectivity index (χ4n) is 2.54. The number of halogens is 1. The molecule has 0 saturated carbocycles. The van der Waals surface area contributed by atoms with Gasteiger partial charge in [0.25, 0.3) is 0 Å². The molecule has 0 unspecified atom stereocenters. The molecule has 0 aliphatic carbocycles. The molecule has 0 heterocycles. The van der Waals surface area contributed by atoms with Crippen LogP contribution in [0.4, 0.5) is 0 Å². The van der Waals surface area contributed by atoms with Crippen molar-refractivity contribution < 1.29 is 28.7 Å². The van der Waals surface area contributed by atoms with Crippen LogP contribution in [-0.4, -0.2) is 47.7 Å². The Morgan fingerprint density at radius 1 is 0.931 bits per heavy atom. The SMILES string of the molecule is CC.CCOC(=O)C(Cc1ccc(CC(=O)CBr)cc1)(NC(C)=O)C(=O)OCC. The third kappa shape index (κ3) is 8.35. The third-order valence-corrected chi connectivity index (χ3v) is 4.31. The van der Waals surface area contributed by atoms with E-state index >= 15 is 0 Å². The van der Waals surface area contributed by atoms with Gasteiger partial charge >= 0.3 is 11.9 Å². The number of alkyl halides is 1. The number of Topliss-reactive ketones (excluding diaryl/α,β-unsaturated/α-hetero) is 1. The molecule has 1 N–H and O–H groups in total. The number of rotatable bonds is 10. The zero-order valence-corrected chi connectivity index (χ0v) is 19.3. The van der Waals surface area contributed by atoms with E-state index in [0.29, 0.717) is 5.56 Å². The molecular weight excluding hydrogens is 442 g/mol. The minimum Gasteiger partial charge on any atom is -0.464 e. The number of ketones is 1. The number of amides is 1. The lowest BCUT2D eigenvalue weighted by atomic mass is 9.89. The van der Waals surface area contributed by atoms with Gasteiger partial charge in [-0.3, -0.25) is 9.59 Å². The summed E-state index contributed by atoms with van der Waals surface area (Å²) in [6, 6.07) is 6.88. The van der Waals surface area contributed by atoms with Crippen molar-refractivity contribution in [2.75, 3.05) is 18.5 Å². The summed E-state index contributed by atoms with van der Waals surface area (Å²) in [6.07, 6.45) is 0.148. The zero-order valence-electron chi connectivity index (χ0n) is 17.7. The number of esters is 2. The Morgan fingerprint density at radius 2 is 1.38 bits per heavy atom. The molecule has 1 rings (SSSR count). The highest BCUT2D eigenvalue weighted by atomic mass is 79.9. The Hall–Kier alpha value is -2.22. The van der Waals surface area contributed by atoms with Gasteiger partial charge in [0.05, 0.1) is 18.5 Å². The van der Waals surface area contributed by atoms with Crippen LogP contribution in [0.1, 0.15) is 45.7 Å². The second-order valence-electron chi connectivity index (χ2n) is 5.87. The van der Waals surface area contributed by atoms with Crippen LogP contribution in [0.15, 0.2) is 24.3 Å². The van der Waals surface area contributed by atoms with Gasteiger partial charge in [-0.1, -0.05) is 54.0 Å². The lowest BCUT2D eigenvalue weighted by molar-refractivity contribution is -0.168. The van der Waals surface area contributed by atoms with Gasteiger partial charge in [-0.05, 0) is 25.0 Å².